The molecule has 25 heavy (non-hydrogen) atoms. The number of carbonyl (C=O) groups excluding carboxylic acids is 1. The summed E-state index contributed by atoms with van der Waals surface area (Å²) in [6.45, 7) is 7.23. The normalized spacial score (nSPS) is 11.0. The molecule has 1 heterocycles. The molecule has 0 saturated carbocycles. The van der Waals surface area contributed by atoms with Gasteiger partial charge in [-0.25, -0.2) is 9.79 Å². The van der Waals surface area contributed by atoms with Gasteiger partial charge >= 0.3 is 5.97 Å². The third kappa shape index (κ3) is 3.85. The van der Waals surface area contributed by atoms with Crippen molar-refractivity contribution in [3.05, 3.63) is 49.4 Å². The second kappa shape index (κ2) is 7.43. The summed E-state index contributed by atoms with van der Waals surface area (Å²) in [6.07, 6.45) is 1.32. The molecule has 1 aromatic carbocycles. The van der Waals surface area contributed by atoms with E-state index >= 15 is 0 Å². The molecule has 7 nitrogen and oxygen atoms in total. The summed E-state index contributed by atoms with van der Waals surface area (Å²) in [4.78, 5) is 27.8. The number of aliphatic imine (C=N–C) groups is 1. The minimum absolute atomic E-state index is 0.0861. The van der Waals surface area contributed by atoms with Crippen LogP contribution in [-0.2, 0) is 4.74 Å². The average molecular weight is 362 g/mol. The maximum atomic E-state index is 12.1. The number of carbonyl (C=O) groups is 1. The van der Waals surface area contributed by atoms with Crippen LogP contribution in [0.4, 0.5) is 10.7 Å². The lowest BCUT2D eigenvalue weighted by Gasteiger charge is -2.04. The molecule has 1 aromatic heterocycles. The molecule has 1 N–H and O–H groups in total. The summed E-state index contributed by atoms with van der Waals surface area (Å²) in [5.74, 6) is -0.548. The largest absolute Gasteiger partial charge is 0.507 e. The van der Waals surface area contributed by atoms with Crippen molar-refractivity contribution in [1.29, 1.82) is 0 Å². The Balaban J connectivity index is 2.49. The average Bonchev–Trinajstić information content (AvgIpc) is 2.83. The Labute approximate surface area is 148 Å². The van der Waals surface area contributed by atoms with Crippen LogP contribution < -0.4 is 0 Å². The zero-order valence-corrected chi connectivity index (χ0v) is 15.1. The maximum absolute atomic E-state index is 12.1. The fourth-order valence-electron chi connectivity index (χ4n) is 2.26. The van der Waals surface area contributed by atoms with Gasteiger partial charge in [-0.3, -0.25) is 10.1 Å². The van der Waals surface area contributed by atoms with Crippen molar-refractivity contribution in [3.8, 4) is 5.75 Å². The van der Waals surface area contributed by atoms with Gasteiger partial charge in [-0.2, -0.15) is 0 Å². The number of aryl methyl sites for hydroxylation is 2. The molecule has 8 heteroatoms. The highest BCUT2D eigenvalue weighted by molar-refractivity contribution is 7.16. The van der Waals surface area contributed by atoms with Crippen LogP contribution >= 0.6 is 11.3 Å². The minimum atomic E-state index is -0.534. The topological polar surface area (TPSA) is 102 Å². The molecule has 132 valence electrons. The number of nitro benzene ring substituents is 1. The van der Waals surface area contributed by atoms with Crippen LogP contribution in [-0.4, -0.2) is 28.8 Å². The van der Waals surface area contributed by atoms with E-state index < -0.39 is 10.9 Å². The molecule has 0 aliphatic carbocycles. The van der Waals surface area contributed by atoms with Gasteiger partial charge in [-0.1, -0.05) is 0 Å². The van der Waals surface area contributed by atoms with Crippen molar-refractivity contribution in [3.63, 3.8) is 0 Å². The van der Waals surface area contributed by atoms with Crippen LogP contribution in [0.2, 0.25) is 0 Å². The van der Waals surface area contributed by atoms with E-state index in [2.05, 4.69) is 4.99 Å². The fourth-order valence-corrected chi connectivity index (χ4v) is 3.25. The molecular weight excluding hydrogens is 344 g/mol. The lowest BCUT2D eigenvalue weighted by Crippen LogP contribution is -2.05. The molecule has 0 amide bonds. The number of non-ortho nitro benzene ring substituents is 1. The molecule has 0 radical (unpaired) electrons. The van der Waals surface area contributed by atoms with Gasteiger partial charge in [-0.15, -0.1) is 11.3 Å². The number of benzene rings is 1. The molecular formula is C17H18N2O5S. The summed E-state index contributed by atoms with van der Waals surface area (Å²) >= 11 is 1.32. The molecule has 0 atom stereocenters. The van der Waals surface area contributed by atoms with Crippen molar-refractivity contribution >= 4 is 34.2 Å². The summed E-state index contributed by atoms with van der Waals surface area (Å²) < 4.78 is 5.06. The number of ether oxygens (including phenoxy) is 1. The highest BCUT2D eigenvalue weighted by Crippen LogP contribution is 2.36. The lowest BCUT2D eigenvalue weighted by atomic mass is 10.1. The number of phenols is 1. The Kier molecular flexibility index (Phi) is 5.53. The first-order chi connectivity index (χ1) is 11.8. The fraction of sp³-hybridized carbons (Fsp3) is 0.294. The first kappa shape index (κ1) is 18.6. The lowest BCUT2D eigenvalue weighted by molar-refractivity contribution is -0.384. The number of thiophene rings is 1. The van der Waals surface area contributed by atoms with Crippen molar-refractivity contribution in [2.45, 2.75) is 27.7 Å². The predicted octanol–water partition coefficient (Wildman–Crippen LogP) is 4.21. The summed E-state index contributed by atoms with van der Waals surface area (Å²) in [6, 6.07) is 2.53. The summed E-state index contributed by atoms with van der Waals surface area (Å²) in [7, 11) is 0. The number of nitrogens with zero attached hydrogens (tertiary/aromatic N) is 2. The van der Waals surface area contributed by atoms with Crippen LogP contribution in [0.1, 0.15) is 38.8 Å². The van der Waals surface area contributed by atoms with Gasteiger partial charge in [0.1, 0.15) is 10.8 Å². The Bertz CT molecular complexity index is 870. The van der Waals surface area contributed by atoms with Crippen LogP contribution in [0.15, 0.2) is 17.1 Å². The van der Waals surface area contributed by atoms with Crippen molar-refractivity contribution in [1.82, 2.24) is 0 Å². The van der Waals surface area contributed by atoms with E-state index in [0.29, 0.717) is 16.1 Å². The van der Waals surface area contributed by atoms with Crippen LogP contribution in [0.5, 0.6) is 5.75 Å². The minimum Gasteiger partial charge on any atom is -0.507 e. The predicted molar refractivity (Wildman–Crippen MR) is 96.5 cm³/mol. The third-order valence-electron chi connectivity index (χ3n) is 3.69. The standard InChI is InChI=1S/C17H18N2O5S/c1-5-24-17(21)14-10(3)11(4)25-16(14)18-8-12-7-13(19(22)23)6-9(2)15(12)20/h6-8,20H,5H2,1-4H3. The van der Waals surface area contributed by atoms with Crippen LogP contribution in [0.25, 0.3) is 0 Å². The van der Waals surface area contributed by atoms with E-state index in [1.165, 1.54) is 29.7 Å². The maximum Gasteiger partial charge on any atom is 0.341 e. The highest BCUT2D eigenvalue weighted by Gasteiger charge is 2.20. The van der Waals surface area contributed by atoms with Crippen molar-refractivity contribution < 1.29 is 19.6 Å². The number of hydrogen-bond acceptors (Lipinski definition) is 7. The number of phenolic OH excluding ortho intramolecular Hbond substituents is 1. The van der Waals surface area contributed by atoms with Gasteiger partial charge in [0.05, 0.1) is 17.1 Å². The SMILES string of the molecule is CCOC(=O)c1c(N=Cc2cc([N+](=O)[O-])cc(C)c2O)sc(C)c1C. The molecule has 0 aliphatic rings. The molecule has 2 aromatic rings. The van der Waals surface area contributed by atoms with Gasteiger partial charge in [0, 0.05) is 28.8 Å². The first-order valence-corrected chi connectivity index (χ1v) is 8.37. The van der Waals surface area contributed by atoms with Gasteiger partial charge in [0.25, 0.3) is 5.69 Å². The van der Waals surface area contributed by atoms with E-state index in [-0.39, 0.29) is 23.6 Å². The second-order valence-corrected chi connectivity index (χ2v) is 6.60. The van der Waals surface area contributed by atoms with Crippen molar-refractivity contribution in [2.24, 2.45) is 4.99 Å². The zero-order valence-electron chi connectivity index (χ0n) is 14.3. The Morgan fingerprint density at radius 3 is 2.68 bits per heavy atom. The third-order valence-corrected chi connectivity index (χ3v) is 4.81. The number of nitro groups is 1. The second-order valence-electron chi connectivity index (χ2n) is 5.40. The Morgan fingerprint density at radius 1 is 1.40 bits per heavy atom. The number of aromatic hydroxyl groups is 1. The van der Waals surface area contributed by atoms with E-state index in [4.69, 9.17) is 4.74 Å². The molecule has 0 bridgehead atoms. The number of hydrogen-bond donors (Lipinski definition) is 1. The first-order valence-electron chi connectivity index (χ1n) is 7.55. The number of rotatable bonds is 5. The van der Waals surface area contributed by atoms with Gasteiger partial charge in [-0.05, 0) is 38.8 Å². The van der Waals surface area contributed by atoms with E-state index in [9.17, 15) is 20.0 Å². The Morgan fingerprint density at radius 2 is 2.08 bits per heavy atom. The van der Waals surface area contributed by atoms with Crippen LogP contribution in [0, 0.1) is 30.9 Å². The Hall–Kier alpha value is -2.74. The smallest absolute Gasteiger partial charge is 0.341 e. The molecule has 0 unspecified atom stereocenters. The molecule has 0 fully saturated rings. The molecule has 0 aliphatic heterocycles. The van der Waals surface area contributed by atoms with Gasteiger partial charge in [0.15, 0.2) is 0 Å². The van der Waals surface area contributed by atoms with E-state index in [1.54, 1.807) is 13.8 Å². The van der Waals surface area contributed by atoms with Gasteiger partial charge in [0.2, 0.25) is 0 Å². The molecule has 0 spiro atoms. The molecule has 0 saturated heterocycles. The number of esters is 1. The summed E-state index contributed by atoms with van der Waals surface area (Å²) in [5.41, 5.74) is 1.61. The molecule has 2 rings (SSSR count). The van der Waals surface area contributed by atoms with E-state index in [0.717, 1.165) is 10.4 Å². The monoisotopic (exact) mass is 362 g/mol. The van der Waals surface area contributed by atoms with E-state index in [1.807, 2.05) is 13.8 Å². The highest BCUT2D eigenvalue weighted by atomic mass is 32.1. The summed E-state index contributed by atoms with van der Waals surface area (Å²) in [5, 5.41) is 21.5. The quantitative estimate of drug-likeness (QED) is 0.371. The van der Waals surface area contributed by atoms with Gasteiger partial charge < -0.3 is 9.84 Å². The van der Waals surface area contributed by atoms with Crippen molar-refractivity contribution in [2.75, 3.05) is 6.61 Å². The zero-order chi connectivity index (χ0) is 18.7. The van der Waals surface area contributed by atoms with Crippen LogP contribution in [0.3, 0.4) is 0 Å².